The first kappa shape index (κ1) is 19.9. The van der Waals surface area contributed by atoms with Crippen molar-refractivity contribution in [2.75, 3.05) is 32.9 Å². The molecular weight excluding hydrogens is 357 g/mol. The largest absolute Gasteiger partial charge is 0.434 e. The number of aromatic nitrogens is 1. The first-order valence-electron chi connectivity index (χ1n) is 8.22. The first-order chi connectivity index (χ1) is 12.0. The second-order valence-electron chi connectivity index (χ2n) is 5.46. The van der Waals surface area contributed by atoms with Crippen molar-refractivity contribution in [1.82, 2.24) is 15.6 Å². The van der Waals surface area contributed by atoms with E-state index in [1.165, 1.54) is 0 Å². The molecule has 0 aromatic carbocycles. The van der Waals surface area contributed by atoms with E-state index in [4.69, 9.17) is 9.47 Å². The van der Waals surface area contributed by atoms with Crippen molar-refractivity contribution in [3.05, 3.63) is 16.1 Å². The lowest BCUT2D eigenvalue weighted by atomic mass is 10.3. The van der Waals surface area contributed by atoms with Crippen molar-refractivity contribution >= 4 is 17.3 Å². The standard InChI is InChI=1S/C15H23F3N4O2S/c1-2-19-14(20-5-3-6-24-11-4-7-23-9-11)21-8-13-22-12(10-25-13)15(16,17)18/h10-11H,2-9H2,1H3,(H2,19,20,21). The van der Waals surface area contributed by atoms with E-state index in [9.17, 15) is 13.2 Å². The van der Waals surface area contributed by atoms with Crippen LogP contribution >= 0.6 is 11.3 Å². The molecule has 142 valence electrons. The molecule has 25 heavy (non-hydrogen) atoms. The lowest BCUT2D eigenvalue weighted by Gasteiger charge is -2.12. The molecule has 2 N–H and O–H groups in total. The molecule has 2 heterocycles. The molecular formula is C15H23F3N4O2S. The Morgan fingerprint density at radius 1 is 1.48 bits per heavy atom. The molecule has 1 aromatic heterocycles. The lowest BCUT2D eigenvalue weighted by molar-refractivity contribution is -0.140. The summed E-state index contributed by atoms with van der Waals surface area (Å²) in [5.41, 5.74) is -0.867. The van der Waals surface area contributed by atoms with Crippen LogP contribution in [0.1, 0.15) is 30.5 Å². The summed E-state index contributed by atoms with van der Waals surface area (Å²) >= 11 is 0.957. The van der Waals surface area contributed by atoms with E-state index in [-0.39, 0.29) is 12.6 Å². The number of alkyl halides is 3. The third kappa shape index (κ3) is 7.17. The molecule has 0 radical (unpaired) electrons. The SMILES string of the molecule is CCNC(=NCc1nc(C(F)(F)F)cs1)NCCCOC1CCOC1. The molecule has 1 aliphatic rings. The van der Waals surface area contributed by atoms with Gasteiger partial charge in [-0.05, 0) is 19.8 Å². The van der Waals surface area contributed by atoms with Crippen molar-refractivity contribution in [1.29, 1.82) is 0 Å². The molecule has 0 bridgehead atoms. The Bertz CT molecular complexity index is 545. The summed E-state index contributed by atoms with van der Waals surface area (Å²) in [5.74, 6) is 0.551. The van der Waals surface area contributed by atoms with E-state index in [0.29, 0.717) is 37.3 Å². The summed E-state index contributed by atoms with van der Waals surface area (Å²) in [6.07, 6.45) is -2.48. The minimum Gasteiger partial charge on any atom is -0.379 e. The molecule has 10 heteroatoms. The zero-order valence-electron chi connectivity index (χ0n) is 14.1. The van der Waals surface area contributed by atoms with Crippen molar-refractivity contribution in [2.45, 2.75) is 38.6 Å². The third-order valence-electron chi connectivity index (χ3n) is 3.41. The van der Waals surface area contributed by atoms with Crippen LogP contribution in [0.15, 0.2) is 10.4 Å². The van der Waals surface area contributed by atoms with Gasteiger partial charge in [0.05, 0.1) is 19.3 Å². The van der Waals surface area contributed by atoms with Crippen LogP contribution in [0.4, 0.5) is 13.2 Å². The molecule has 1 aromatic rings. The molecule has 1 aliphatic heterocycles. The number of nitrogens with one attached hydrogen (secondary N) is 2. The van der Waals surface area contributed by atoms with Gasteiger partial charge < -0.3 is 20.1 Å². The van der Waals surface area contributed by atoms with Gasteiger partial charge in [-0.1, -0.05) is 0 Å². The van der Waals surface area contributed by atoms with Gasteiger partial charge in [0.1, 0.15) is 5.01 Å². The lowest BCUT2D eigenvalue weighted by Crippen LogP contribution is -2.38. The summed E-state index contributed by atoms with van der Waals surface area (Å²) in [4.78, 5) is 7.83. The van der Waals surface area contributed by atoms with Crippen LogP contribution in [0.2, 0.25) is 0 Å². The number of nitrogens with zero attached hydrogens (tertiary/aromatic N) is 2. The highest BCUT2D eigenvalue weighted by molar-refractivity contribution is 7.09. The highest BCUT2D eigenvalue weighted by Gasteiger charge is 2.33. The van der Waals surface area contributed by atoms with E-state index < -0.39 is 11.9 Å². The second kappa shape index (κ2) is 9.93. The van der Waals surface area contributed by atoms with Gasteiger partial charge in [0.25, 0.3) is 0 Å². The first-order valence-corrected chi connectivity index (χ1v) is 9.10. The predicted molar refractivity (Wildman–Crippen MR) is 89.7 cm³/mol. The Hall–Kier alpha value is -1.39. The van der Waals surface area contributed by atoms with E-state index >= 15 is 0 Å². The van der Waals surface area contributed by atoms with Gasteiger partial charge in [0, 0.05) is 31.7 Å². The van der Waals surface area contributed by atoms with Crippen LogP contribution < -0.4 is 10.6 Å². The van der Waals surface area contributed by atoms with E-state index in [1.54, 1.807) is 0 Å². The van der Waals surface area contributed by atoms with Crippen molar-refractivity contribution < 1.29 is 22.6 Å². The fraction of sp³-hybridized carbons (Fsp3) is 0.733. The second-order valence-corrected chi connectivity index (χ2v) is 6.40. The van der Waals surface area contributed by atoms with Crippen molar-refractivity contribution in [3.63, 3.8) is 0 Å². The summed E-state index contributed by atoms with van der Waals surface area (Å²) in [5, 5.41) is 7.53. The highest BCUT2D eigenvalue weighted by Crippen LogP contribution is 2.30. The molecule has 1 atom stereocenters. The topological polar surface area (TPSA) is 67.8 Å². The fourth-order valence-corrected chi connectivity index (χ4v) is 2.90. The minimum absolute atomic E-state index is 0.103. The zero-order valence-corrected chi connectivity index (χ0v) is 14.9. The van der Waals surface area contributed by atoms with Crippen LogP contribution in [-0.4, -0.2) is 50.0 Å². The average molecular weight is 380 g/mol. The number of aliphatic imine (C=N–C) groups is 1. The number of hydrogen-bond acceptors (Lipinski definition) is 5. The summed E-state index contributed by atoms with van der Waals surface area (Å²) < 4.78 is 48.5. The molecule has 1 unspecified atom stereocenters. The molecule has 0 saturated carbocycles. The molecule has 6 nitrogen and oxygen atoms in total. The zero-order chi connectivity index (χ0) is 18.1. The third-order valence-corrected chi connectivity index (χ3v) is 4.25. The molecule has 1 saturated heterocycles. The minimum atomic E-state index is -4.41. The highest BCUT2D eigenvalue weighted by atomic mass is 32.1. The maximum Gasteiger partial charge on any atom is 0.434 e. The van der Waals surface area contributed by atoms with Crippen LogP contribution in [-0.2, 0) is 22.2 Å². The van der Waals surface area contributed by atoms with Crippen LogP contribution in [0.3, 0.4) is 0 Å². The summed E-state index contributed by atoms with van der Waals surface area (Å²) in [6, 6.07) is 0. The van der Waals surface area contributed by atoms with Gasteiger partial charge in [0.2, 0.25) is 0 Å². The van der Waals surface area contributed by atoms with Gasteiger partial charge >= 0.3 is 6.18 Å². The average Bonchev–Trinajstić information content (AvgIpc) is 3.23. The number of thiazole rings is 1. The smallest absolute Gasteiger partial charge is 0.379 e. The summed E-state index contributed by atoms with van der Waals surface area (Å²) in [6.45, 7) is 5.39. The maximum absolute atomic E-state index is 12.5. The normalized spacial score (nSPS) is 18.6. The monoisotopic (exact) mass is 380 g/mol. The number of hydrogen-bond donors (Lipinski definition) is 2. The van der Waals surface area contributed by atoms with Crippen molar-refractivity contribution in [3.8, 4) is 0 Å². The predicted octanol–water partition coefficient (Wildman–Crippen LogP) is 2.41. The molecule has 0 amide bonds. The summed E-state index contributed by atoms with van der Waals surface area (Å²) in [7, 11) is 0. The van der Waals surface area contributed by atoms with Gasteiger partial charge in [-0.15, -0.1) is 11.3 Å². The Morgan fingerprint density at radius 3 is 2.96 bits per heavy atom. The number of ether oxygens (including phenoxy) is 2. The number of halogens is 3. The van der Waals surface area contributed by atoms with Gasteiger partial charge in [-0.2, -0.15) is 13.2 Å². The van der Waals surface area contributed by atoms with Gasteiger partial charge in [-0.3, -0.25) is 0 Å². The van der Waals surface area contributed by atoms with Crippen LogP contribution in [0, 0.1) is 0 Å². The van der Waals surface area contributed by atoms with Crippen LogP contribution in [0.5, 0.6) is 0 Å². The Kier molecular flexibility index (Phi) is 7.91. The van der Waals surface area contributed by atoms with Gasteiger partial charge in [0.15, 0.2) is 11.7 Å². The number of guanidine groups is 1. The molecule has 2 rings (SSSR count). The molecule has 1 fully saturated rings. The Morgan fingerprint density at radius 2 is 2.32 bits per heavy atom. The Labute approximate surface area is 148 Å². The number of rotatable bonds is 8. The van der Waals surface area contributed by atoms with E-state index in [0.717, 1.165) is 36.2 Å². The quantitative estimate of drug-likeness (QED) is 0.412. The van der Waals surface area contributed by atoms with Crippen molar-refractivity contribution in [2.24, 2.45) is 4.99 Å². The molecule has 0 spiro atoms. The molecule has 0 aliphatic carbocycles. The Balaban J connectivity index is 1.72. The van der Waals surface area contributed by atoms with E-state index in [1.807, 2.05) is 6.92 Å². The maximum atomic E-state index is 12.5. The van der Waals surface area contributed by atoms with Gasteiger partial charge in [-0.25, -0.2) is 9.98 Å². The fourth-order valence-electron chi connectivity index (χ4n) is 2.18. The van der Waals surface area contributed by atoms with Crippen LogP contribution in [0.25, 0.3) is 0 Å². The van der Waals surface area contributed by atoms with E-state index in [2.05, 4.69) is 20.6 Å².